The quantitative estimate of drug-likeness (QED) is 0.594. The summed E-state index contributed by atoms with van der Waals surface area (Å²) in [7, 11) is 1.49. The van der Waals surface area contributed by atoms with Gasteiger partial charge in [0.25, 0.3) is 0 Å². The normalized spacial score (nSPS) is 20.0. The van der Waals surface area contributed by atoms with Gasteiger partial charge in [0.1, 0.15) is 6.04 Å². The van der Waals surface area contributed by atoms with Crippen LogP contribution >= 0.6 is 0 Å². The highest BCUT2D eigenvalue weighted by Crippen LogP contribution is 2.26. The minimum atomic E-state index is -0.0968. The molecule has 17 heavy (non-hydrogen) atoms. The monoisotopic (exact) mass is 241 g/mol. The SMILES string of the molecule is COC(=O)C(NCC(C)C)C1CCCCCC1. The molecular weight excluding hydrogens is 214 g/mol. The predicted molar refractivity (Wildman–Crippen MR) is 69.8 cm³/mol. The Morgan fingerprint density at radius 2 is 1.82 bits per heavy atom. The van der Waals surface area contributed by atoms with Crippen molar-refractivity contribution in [2.45, 2.75) is 58.4 Å². The Kier molecular flexibility index (Phi) is 6.56. The van der Waals surface area contributed by atoms with E-state index in [1.807, 2.05) is 0 Å². The maximum atomic E-state index is 11.9. The maximum Gasteiger partial charge on any atom is 0.323 e. The van der Waals surface area contributed by atoms with Crippen LogP contribution in [0.3, 0.4) is 0 Å². The van der Waals surface area contributed by atoms with Gasteiger partial charge < -0.3 is 10.1 Å². The van der Waals surface area contributed by atoms with Crippen LogP contribution in [-0.4, -0.2) is 25.7 Å². The molecule has 1 fully saturated rings. The molecule has 3 heteroatoms. The Balaban J connectivity index is 2.56. The number of methoxy groups -OCH3 is 1. The Morgan fingerprint density at radius 3 is 2.29 bits per heavy atom. The van der Waals surface area contributed by atoms with Crippen molar-refractivity contribution in [3.05, 3.63) is 0 Å². The molecular formula is C14H27NO2. The Morgan fingerprint density at radius 1 is 1.24 bits per heavy atom. The lowest BCUT2D eigenvalue weighted by atomic mass is 9.91. The van der Waals surface area contributed by atoms with Crippen molar-refractivity contribution in [3.8, 4) is 0 Å². The minimum Gasteiger partial charge on any atom is -0.468 e. The highest BCUT2D eigenvalue weighted by atomic mass is 16.5. The first-order chi connectivity index (χ1) is 8.15. The van der Waals surface area contributed by atoms with Gasteiger partial charge in [0.15, 0.2) is 0 Å². The van der Waals surface area contributed by atoms with Gasteiger partial charge in [-0.1, -0.05) is 39.5 Å². The average molecular weight is 241 g/mol. The van der Waals surface area contributed by atoms with Gasteiger partial charge in [-0.05, 0) is 31.2 Å². The van der Waals surface area contributed by atoms with Crippen LogP contribution in [-0.2, 0) is 9.53 Å². The van der Waals surface area contributed by atoms with Crippen molar-refractivity contribution in [3.63, 3.8) is 0 Å². The van der Waals surface area contributed by atoms with E-state index in [0.717, 1.165) is 19.4 Å². The highest BCUT2D eigenvalue weighted by molar-refractivity contribution is 5.76. The molecule has 1 aliphatic rings. The fraction of sp³-hybridized carbons (Fsp3) is 0.929. The molecule has 0 saturated heterocycles. The molecule has 1 N–H and O–H groups in total. The number of esters is 1. The van der Waals surface area contributed by atoms with Gasteiger partial charge in [-0.25, -0.2) is 0 Å². The third-order valence-electron chi connectivity index (χ3n) is 3.57. The Hall–Kier alpha value is -0.570. The molecule has 0 spiro atoms. The summed E-state index contributed by atoms with van der Waals surface area (Å²) in [5, 5.41) is 3.39. The summed E-state index contributed by atoms with van der Waals surface area (Å²) in [5.41, 5.74) is 0. The minimum absolute atomic E-state index is 0.0856. The summed E-state index contributed by atoms with van der Waals surface area (Å²) in [6.45, 7) is 5.21. The molecule has 0 radical (unpaired) electrons. The van der Waals surface area contributed by atoms with E-state index in [4.69, 9.17) is 4.74 Å². The van der Waals surface area contributed by atoms with Crippen molar-refractivity contribution < 1.29 is 9.53 Å². The van der Waals surface area contributed by atoms with Crippen LogP contribution in [0, 0.1) is 11.8 Å². The predicted octanol–water partition coefficient (Wildman–Crippen LogP) is 2.74. The molecule has 0 aromatic carbocycles. The molecule has 1 rings (SSSR count). The zero-order valence-corrected chi connectivity index (χ0v) is 11.5. The number of carbonyl (C=O) groups excluding carboxylic acids is 1. The lowest BCUT2D eigenvalue weighted by Gasteiger charge is -2.25. The number of hydrogen-bond donors (Lipinski definition) is 1. The molecule has 0 bridgehead atoms. The van der Waals surface area contributed by atoms with Gasteiger partial charge in [-0.2, -0.15) is 0 Å². The van der Waals surface area contributed by atoms with E-state index in [9.17, 15) is 4.79 Å². The van der Waals surface area contributed by atoms with Crippen LogP contribution in [0.5, 0.6) is 0 Å². The molecule has 1 unspecified atom stereocenters. The largest absolute Gasteiger partial charge is 0.468 e. The lowest BCUT2D eigenvalue weighted by Crippen LogP contribution is -2.45. The lowest BCUT2D eigenvalue weighted by molar-refractivity contribution is -0.144. The van der Waals surface area contributed by atoms with E-state index in [2.05, 4.69) is 19.2 Å². The van der Waals surface area contributed by atoms with E-state index < -0.39 is 0 Å². The first-order valence-corrected chi connectivity index (χ1v) is 6.96. The summed E-state index contributed by atoms with van der Waals surface area (Å²) in [4.78, 5) is 11.9. The van der Waals surface area contributed by atoms with Crippen molar-refractivity contribution in [1.29, 1.82) is 0 Å². The van der Waals surface area contributed by atoms with Crippen molar-refractivity contribution >= 4 is 5.97 Å². The molecule has 1 saturated carbocycles. The van der Waals surface area contributed by atoms with Crippen LogP contribution in [0.15, 0.2) is 0 Å². The molecule has 3 nitrogen and oxygen atoms in total. The van der Waals surface area contributed by atoms with Gasteiger partial charge in [-0.3, -0.25) is 4.79 Å². The first-order valence-electron chi connectivity index (χ1n) is 6.96. The summed E-state index contributed by atoms with van der Waals surface area (Å²) >= 11 is 0. The summed E-state index contributed by atoms with van der Waals surface area (Å²) in [6.07, 6.45) is 7.45. The number of nitrogens with one attached hydrogen (secondary N) is 1. The van der Waals surface area contributed by atoms with Crippen LogP contribution in [0.4, 0.5) is 0 Å². The zero-order chi connectivity index (χ0) is 12.7. The Bertz CT molecular complexity index is 220. The fourth-order valence-corrected chi connectivity index (χ4v) is 2.58. The molecule has 0 heterocycles. The van der Waals surface area contributed by atoms with Crippen molar-refractivity contribution in [1.82, 2.24) is 5.32 Å². The second kappa shape index (κ2) is 7.70. The van der Waals surface area contributed by atoms with Gasteiger partial charge in [-0.15, -0.1) is 0 Å². The topological polar surface area (TPSA) is 38.3 Å². The summed E-state index contributed by atoms with van der Waals surface area (Å²) in [5.74, 6) is 0.939. The molecule has 100 valence electrons. The van der Waals surface area contributed by atoms with Gasteiger partial charge in [0.2, 0.25) is 0 Å². The fourth-order valence-electron chi connectivity index (χ4n) is 2.58. The molecule has 0 amide bonds. The van der Waals surface area contributed by atoms with E-state index in [0.29, 0.717) is 11.8 Å². The molecule has 1 atom stereocenters. The molecule has 0 aromatic rings. The Labute approximate surface area is 105 Å². The third-order valence-corrected chi connectivity index (χ3v) is 3.57. The summed E-state index contributed by atoms with van der Waals surface area (Å²) < 4.78 is 4.94. The third kappa shape index (κ3) is 5.07. The second-order valence-electron chi connectivity index (χ2n) is 5.55. The second-order valence-corrected chi connectivity index (χ2v) is 5.55. The van der Waals surface area contributed by atoms with Gasteiger partial charge in [0.05, 0.1) is 7.11 Å². The number of hydrogen-bond acceptors (Lipinski definition) is 3. The molecule has 0 aliphatic heterocycles. The van der Waals surface area contributed by atoms with Crippen LogP contribution < -0.4 is 5.32 Å². The highest BCUT2D eigenvalue weighted by Gasteiger charge is 2.29. The van der Waals surface area contributed by atoms with Gasteiger partial charge in [0, 0.05) is 0 Å². The molecule has 1 aliphatic carbocycles. The zero-order valence-electron chi connectivity index (χ0n) is 11.5. The number of carbonyl (C=O) groups is 1. The smallest absolute Gasteiger partial charge is 0.323 e. The number of ether oxygens (including phenoxy) is 1. The van der Waals surface area contributed by atoms with Crippen LogP contribution in [0.2, 0.25) is 0 Å². The van der Waals surface area contributed by atoms with Gasteiger partial charge >= 0.3 is 5.97 Å². The van der Waals surface area contributed by atoms with Crippen LogP contribution in [0.25, 0.3) is 0 Å². The molecule has 0 aromatic heterocycles. The van der Waals surface area contributed by atoms with Crippen LogP contribution in [0.1, 0.15) is 52.4 Å². The van der Waals surface area contributed by atoms with E-state index in [-0.39, 0.29) is 12.0 Å². The number of rotatable bonds is 5. The maximum absolute atomic E-state index is 11.9. The summed E-state index contributed by atoms with van der Waals surface area (Å²) in [6, 6.07) is -0.0968. The average Bonchev–Trinajstić information content (AvgIpc) is 2.57. The van der Waals surface area contributed by atoms with Crippen molar-refractivity contribution in [2.24, 2.45) is 11.8 Å². The first kappa shape index (κ1) is 14.5. The van der Waals surface area contributed by atoms with Crippen molar-refractivity contribution in [2.75, 3.05) is 13.7 Å². The van der Waals surface area contributed by atoms with E-state index >= 15 is 0 Å². The van der Waals surface area contributed by atoms with E-state index in [1.165, 1.54) is 32.8 Å². The standard InChI is InChI=1S/C14H27NO2/c1-11(2)10-15-13(14(16)17-3)12-8-6-4-5-7-9-12/h11-13,15H,4-10H2,1-3H3. The van der Waals surface area contributed by atoms with E-state index in [1.54, 1.807) is 0 Å².